The summed E-state index contributed by atoms with van der Waals surface area (Å²) in [5, 5.41) is 7.11. The van der Waals surface area contributed by atoms with Crippen LogP contribution >= 0.6 is 0 Å². The average molecular weight is 455 g/mol. The largest absolute Gasteiger partial charge is 0.497 e. The van der Waals surface area contributed by atoms with Gasteiger partial charge in [0.15, 0.2) is 0 Å². The van der Waals surface area contributed by atoms with Crippen molar-refractivity contribution in [2.45, 2.75) is 24.3 Å². The third kappa shape index (κ3) is 5.00. The number of hydrogen-bond donors (Lipinski definition) is 1. The number of nitrogens with one attached hydrogen (secondary N) is 1. The SMILES string of the molecule is COc1ccc(S(=O)(=O)N2CCCC(C(=O)Nc3ccc(Cn4cccn4)cc3)C2)cc1. The maximum atomic E-state index is 13.0. The fourth-order valence-electron chi connectivity index (χ4n) is 3.79. The van der Waals surface area contributed by atoms with Crippen LogP contribution in [0.3, 0.4) is 0 Å². The molecule has 1 unspecified atom stereocenters. The molecule has 2 aromatic carbocycles. The number of methoxy groups -OCH3 is 1. The summed E-state index contributed by atoms with van der Waals surface area (Å²) in [5.74, 6) is 0.0236. The molecule has 1 aliphatic rings. The molecule has 1 atom stereocenters. The van der Waals surface area contributed by atoms with Gasteiger partial charge in [0, 0.05) is 31.2 Å². The van der Waals surface area contributed by atoms with Gasteiger partial charge in [-0.3, -0.25) is 9.48 Å². The van der Waals surface area contributed by atoms with Crippen molar-refractivity contribution in [1.82, 2.24) is 14.1 Å². The summed E-state index contributed by atoms with van der Waals surface area (Å²) in [6.45, 7) is 1.22. The molecule has 0 spiro atoms. The fraction of sp³-hybridized carbons (Fsp3) is 0.304. The Labute approximate surface area is 187 Å². The van der Waals surface area contributed by atoms with E-state index in [2.05, 4.69) is 10.4 Å². The minimum atomic E-state index is -3.67. The quantitative estimate of drug-likeness (QED) is 0.592. The van der Waals surface area contributed by atoms with Crippen LogP contribution < -0.4 is 10.1 Å². The molecule has 1 amide bonds. The van der Waals surface area contributed by atoms with E-state index in [4.69, 9.17) is 4.74 Å². The molecular weight excluding hydrogens is 428 g/mol. The average Bonchev–Trinajstić information content (AvgIpc) is 3.33. The Morgan fingerprint density at radius 3 is 2.56 bits per heavy atom. The van der Waals surface area contributed by atoms with Gasteiger partial charge < -0.3 is 10.1 Å². The Kier molecular flexibility index (Phi) is 6.57. The number of aromatic nitrogens is 2. The summed E-state index contributed by atoms with van der Waals surface area (Å²) in [4.78, 5) is 13.0. The molecule has 4 rings (SSSR count). The van der Waals surface area contributed by atoms with Gasteiger partial charge in [-0.15, -0.1) is 0 Å². The molecule has 1 N–H and O–H groups in total. The highest BCUT2D eigenvalue weighted by Crippen LogP contribution is 2.26. The van der Waals surface area contributed by atoms with Crippen molar-refractivity contribution in [3.8, 4) is 5.75 Å². The zero-order valence-corrected chi connectivity index (χ0v) is 18.7. The molecule has 1 aromatic heterocycles. The number of piperidine rings is 1. The number of carbonyl (C=O) groups excluding carboxylic acids is 1. The number of rotatable bonds is 7. The summed E-state index contributed by atoms with van der Waals surface area (Å²) >= 11 is 0. The number of ether oxygens (including phenoxy) is 1. The van der Waals surface area contributed by atoms with Gasteiger partial charge in [-0.05, 0) is 60.9 Å². The van der Waals surface area contributed by atoms with E-state index in [1.807, 2.05) is 41.2 Å². The van der Waals surface area contributed by atoms with Crippen molar-refractivity contribution in [2.75, 3.05) is 25.5 Å². The molecule has 2 heterocycles. The molecule has 0 radical (unpaired) electrons. The topological polar surface area (TPSA) is 93.5 Å². The number of hydrogen-bond acceptors (Lipinski definition) is 5. The van der Waals surface area contributed by atoms with Crippen LogP contribution in [0, 0.1) is 5.92 Å². The number of amides is 1. The number of carbonyl (C=O) groups is 1. The van der Waals surface area contributed by atoms with Crippen LogP contribution in [0.25, 0.3) is 0 Å². The van der Waals surface area contributed by atoms with Crippen LogP contribution in [0.4, 0.5) is 5.69 Å². The fourth-order valence-corrected chi connectivity index (χ4v) is 5.31. The number of benzene rings is 2. The van der Waals surface area contributed by atoms with E-state index in [0.29, 0.717) is 37.4 Å². The van der Waals surface area contributed by atoms with Gasteiger partial charge in [0.25, 0.3) is 0 Å². The first-order valence-corrected chi connectivity index (χ1v) is 11.9. The Balaban J connectivity index is 1.38. The van der Waals surface area contributed by atoms with E-state index in [1.54, 1.807) is 18.3 Å². The highest BCUT2D eigenvalue weighted by atomic mass is 32.2. The van der Waals surface area contributed by atoms with Gasteiger partial charge in [0.2, 0.25) is 15.9 Å². The zero-order chi connectivity index (χ0) is 22.6. The first kappa shape index (κ1) is 22.0. The normalized spacial score (nSPS) is 17.1. The van der Waals surface area contributed by atoms with Gasteiger partial charge in [0.1, 0.15) is 5.75 Å². The zero-order valence-electron chi connectivity index (χ0n) is 17.8. The molecule has 1 aliphatic heterocycles. The van der Waals surface area contributed by atoms with E-state index >= 15 is 0 Å². The number of anilines is 1. The van der Waals surface area contributed by atoms with Gasteiger partial charge >= 0.3 is 0 Å². The molecule has 0 bridgehead atoms. The lowest BCUT2D eigenvalue weighted by atomic mass is 9.98. The Bertz CT molecular complexity index is 1140. The Morgan fingerprint density at radius 1 is 1.16 bits per heavy atom. The van der Waals surface area contributed by atoms with E-state index < -0.39 is 15.9 Å². The highest BCUT2D eigenvalue weighted by molar-refractivity contribution is 7.89. The van der Waals surface area contributed by atoms with Crippen LogP contribution in [0.5, 0.6) is 5.75 Å². The standard InChI is InChI=1S/C23H26N4O4S/c1-31-21-9-11-22(12-10-21)32(29,30)27-15-2-4-19(17-27)23(28)25-20-7-5-18(6-8-20)16-26-14-3-13-24-26/h3,5-14,19H,2,4,15-17H2,1H3,(H,25,28). The molecule has 8 nitrogen and oxygen atoms in total. The molecule has 0 aliphatic carbocycles. The first-order chi connectivity index (χ1) is 15.5. The highest BCUT2D eigenvalue weighted by Gasteiger charge is 2.33. The van der Waals surface area contributed by atoms with Crippen molar-refractivity contribution in [1.29, 1.82) is 0 Å². The van der Waals surface area contributed by atoms with Crippen LogP contribution in [-0.4, -0.2) is 48.6 Å². The van der Waals surface area contributed by atoms with E-state index in [0.717, 1.165) is 5.56 Å². The smallest absolute Gasteiger partial charge is 0.243 e. The Morgan fingerprint density at radius 2 is 1.91 bits per heavy atom. The summed E-state index contributed by atoms with van der Waals surface area (Å²) in [5.41, 5.74) is 1.76. The van der Waals surface area contributed by atoms with Crippen molar-refractivity contribution in [2.24, 2.45) is 5.92 Å². The summed E-state index contributed by atoms with van der Waals surface area (Å²) < 4.78 is 34.4. The molecule has 32 heavy (non-hydrogen) atoms. The molecule has 3 aromatic rings. The summed E-state index contributed by atoms with van der Waals surface area (Å²) in [6, 6.07) is 15.8. The number of sulfonamides is 1. The second-order valence-electron chi connectivity index (χ2n) is 7.77. The maximum absolute atomic E-state index is 13.0. The van der Waals surface area contributed by atoms with E-state index in [1.165, 1.54) is 23.5 Å². The first-order valence-electron chi connectivity index (χ1n) is 10.5. The third-order valence-electron chi connectivity index (χ3n) is 5.58. The predicted molar refractivity (Wildman–Crippen MR) is 121 cm³/mol. The molecule has 1 fully saturated rings. The van der Waals surface area contributed by atoms with Gasteiger partial charge in [-0.25, -0.2) is 8.42 Å². The monoisotopic (exact) mass is 454 g/mol. The van der Waals surface area contributed by atoms with Gasteiger partial charge in [-0.1, -0.05) is 12.1 Å². The van der Waals surface area contributed by atoms with Crippen LogP contribution in [-0.2, 0) is 21.4 Å². The third-order valence-corrected chi connectivity index (χ3v) is 7.46. The van der Waals surface area contributed by atoms with E-state index in [9.17, 15) is 13.2 Å². The summed E-state index contributed by atoms with van der Waals surface area (Å²) in [6.07, 6.45) is 4.91. The van der Waals surface area contributed by atoms with Crippen molar-refractivity contribution < 1.29 is 17.9 Å². The summed E-state index contributed by atoms with van der Waals surface area (Å²) in [7, 11) is -2.14. The lowest BCUT2D eigenvalue weighted by Crippen LogP contribution is -2.43. The maximum Gasteiger partial charge on any atom is 0.243 e. The molecule has 168 valence electrons. The van der Waals surface area contributed by atoms with Crippen LogP contribution in [0.15, 0.2) is 71.9 Å². The molecule has 0 saturated carbocycles. The lowest BCUT2D eigenvalue weighted by molar-refractivity contribution is -0.120. The van der Waals surface area contributed by atoms with Crippen LogP contribution in [0.1, 0.15) is 18.4 Å². The molecular formula is C23H26N4O4S. The van der Waals surface area contributed by atoms with Crippen LogP contribution in [0.2, 0.25) is 0 Å². The molecule has 9 heteroatoms. The second-order valence-corrected chi connectivity index (χ2v) is 9.71. The predicted octanol–water partition coefficient (Wildman–Crippen LogP) is 2.98. The van der Waals surface area contributed by atoms with Crippen molar-refractivity contribution >= 4 is 21.6 Å². The lowest BCUT2D eigenvalue weighted by Gasteiger charge is -2.31. The second kappa shape index (κ2) is 9.54. The number of nitrogens with zero attached hydrogens (tertiary/aromatic N) is 3. The minimum Gasteiger partial charge on any atom is -0.497 e. The molecule has 1 saturated heterocycles. The minimum absolute atomic E-state index is 0.164. The Hall–Kier alpha value is -3.17. The van der Waals surface area contributed by atoms with Gasteiger partial charge in [-0.2, -0.15) is 9.40 Å². The van der Waals surface area contributed by atoms with Crippen molar-refractivity contribution in [3.05, 3.63) is 72.6 Å². The van der Waals surface area contributed by atoms with Crippen molar-refractivity contribution in [3.63, 3.8) is 0 Å². The van der Waals surface area contributed by atoms with Gasteiger partial charge in [0.05, 0.1) is 24.5 Å². The van der Waals surface area contributed by atoms with E-state index in [-0.39, 0.29) is 17.3 Å².